The Morgan fingerprint density at radius 3 is 2.75 bits per heavy atom. The molecule has 0 atom stereocenters. The van der Waals surface area contributed by atoms with Gasteiger partial charge in [-0.05, 0) is 18.6 Å². The Morgan fingerprint density at radius 1 is 1.25 bits per heavy atom. The van der Waals surface area contributed by atoms with Crippen molar-refractivity contribution in [3.63, 3.8) is 0 Å². The molecule has 0 spiro atoms. The van der Waals surface area contributed by atoms with Crippen molar-refractivity contribution in [2.24, 2.45) is 0 Å². The Balaban J connectivity index is 2.29. The second kappa shape index (κ2) is 6.96. The molecule has 0 saturated heterocycles. The SMILES string of the molecule is CCCNc1ncnc(Oc2ccccc2Cl)c1OC. The molecular formula is C14H16ClN3O2. The number of benzene rings is 1. The molecule has 1 aromatic heterocycles. The largest absolute Gasteiger partial charge is 0.489 e. The second-order valence-corrected chi connectivity index (χ2v) is 4.43. The summed E-state index contributed by atoms with van der Waals surface area (Å²) in [6.07, 6.45) is 2.40. The summed E-state index contributed by atoms with van der Waals surface area (Å²) in [6.45, 7) is 2.86. The van der Waals surface area contributed by atoms with Gasteiger partial charge >= 0.3 is 0 Å². The van der Waals surface area contributed by atoms with E-state index in [1.807, 2.05) is 12.1 Å². The highest BCUT2D eigenvalue weighted by Gasteiger charge is 2.14. The zero-order chi connectivity index (χ0) is 14.4. The minimum Gasteiger partial charge on any atom is -0.489 e. The van der Waals surface area contributed by atoms with E-state index in [-0.39, 0.29) is 0 Å². The zero-order valence-corrected chi connectivity index (χ0v) is 12.1. The van der Waals surface area contributed by atoms with Crippen LogP contribution in [-0.2, 0) is 0 Å². The van der Waals surface area contributed by atoms with Crippen LogP contribution in [0.5, 0.6) is 17.4 Å². The van der Waals surface area contributed by atoms with Crippen LogP contribution >= 0.6 is 11.6 Å². The Morgan fingerprint density at radius 2 is 2.05 bits per heavy atom. The molecular weight excluding hydrogens is 278 g/mol. The molecule has 1 aromatic carbocycles. The maximum atomic E-state index is 6.07. The molecule has 0 aliphatic heterocycles. The highest BCUT2D eigenvalue weighted by Crippen LogP contribution is 2.36. The molecule has 0 amide bonds. The van der Waals surface area contributed by atoms with Gasteiger partial charge in [0.1, 0.15) is 12.1 Å². The van der Waals surface area contributed by atoms with Crippen LogP contribution < -0.4 is 14.8 Å². The monoisotopic (exact) mass is 293 g/mol. The molecule has 0 bridgehead atoms. The van der Waals surface area contributed by atoms with E-state index in [1.165, 1.54) is 6.33 Å². The van der Waals surface area contributed by atoms with E-state index in [4.69, 9.17) is 21.1 Å². The maximum Gasteiger partial charge on any atom is 0.268 e. The molecule has 6 heteroatoms. The summed E-state index contributed by atoms with van der Waals surface area (Å²) in [5, 5.41) is 3.68. The molecule has 2 rings (SSSR count). The third-order valence-electron chi connectivity index (χ3n) is 2.56. The van der Waals surface area contributed by atoms with Gasteiger partial charge in [0.15, 0.2) is 5.82 Å². The molecule has 0 unspecified atom stereocenters. The van der Waals surface area contributed by atoms with E-state index in [1.54, 1.807) is 19.2 Å². The summed E-state index contributed by atoms with van der Waals surface area (Å²) >= 11 is 6.07. The fraction of sp³-hybridized carbons (Fsp3) is 0.286. The highest BCUT2D eigenvalue weighted by atomic mass is 35.5. The van der Waals surface area contributed by atoms with Crippen LogP contribution in [0.2, 0.25) is 5.02 Å². The lowest BCUT2D eigenvalue weighted by atomic mass is 10.3. The van der Waals surface area contributed by atoms with Crippen LogP contribution in [0.4, 0.5) is 5.82 Å². The zero-order valence-electron chi connectivity index (χ0n) is 11.4. The van der Waals surface area contributed by atoms with Gasteiger partial charge in [-0.25, -0.2) is 4.98 Å². The molecule has 106 valence electrons. The van der Waals surface area contributed by atoms with Gasteiger partial charge in [-0.2, -0.15) is 4.98 Å². The minimum atomic E-state index is 0.328. The van der Waals surface area contributed by atoms with E-state index >= 15 is 0 Å². The van der Waals surface area contributed by atoms with Crippen molar-refractivity contribution in [3.8, 4) is 17.4 Å². The fourth-order valence-corrected chi connectivity index (χ4v) is 1.79. The molecule has 5 nitrogen and oxygen atoms in total. The van der Waals surface area contributed by atoms with Gasteiger partial charge in [-0.15, -0.1) is 0 Å². The van der Waals surface area contributed by atoms with Crippen LogP contribution in [0.1, 0.15) is 13.3 Å². The number of ether oxygens (including phenoxy) is 2. The van der Waals surface area contributed by atoms with Gasteiger partial charge in [0, 0.05) is 6.54 Å². The van der Waals surface area contributed by atoms with Gasteiger partial charge in [0.05, 0.1) is 12.1 Å². The molecule has 0 radical (unpaired) electrons. The molecule has 1 N–H and O–H groups in total. The number of rotatable bonds is 6. The Hall–Kier alpha value is -2.01. The normalized spacial score (nSPS) is 10.2. The van der Waals surface area contributed by atoms with Crippen molar-refractivity contribution >= 4 is 17.4 Å². The number of hydrogen-bond acceptors (Lipinski definition) is 5. The lowest BCUT2D eigenvalue weighted by molar-refractivity contribution is 0.369. The average Bonchev–Trinajstić information content (AvgIpc) is 2.47. The van der Waals surface area contributed by atoms with E-state index < -0.39 is 0 Å². The Labute approximate surface area is 122 Å². The summed E-state index contributed by atoms with van der Waals surface area (Å²) in [5.74, 6) is 1.91. The first-order chi connectivity index (χ1) is 9.76. The highest BCUT2D eigenvalue weighted by molar-refractivity contribution is 6.32. The number of methoxy groups -OCH3 is 1. The van der Waals surface area contributed by atoms with Gasteiger partial charge in [-0.1, -0.05) is 30.7 Å². The van der Waals surface area contributed by atoms with Crippen molar-refractivity contribution < 1.29 is 9.47 Å². The van der Waals surface area contributed by atoms with E-state index in [0.717, 1.165) is 13.0 Å². The average molecular weight is 294 g/mol. The van der Waals surface area contributed by atoms with Crippen LogP contribution in [-0.4, -0.2) is 23.6 Å². The molecule has 1 heterocycles. The number of halogens is 1. The number of anilines is 1. The quantitative estimate of drug-likeness (QED) is 0.879. The first-order valence-electron chi connectivity index (χ1n) is 6.31. The van der Waals surface area contributed by atoms with E-state index in [2.05, 4.69) is 22.2 Å². The number of para-hydroxylation sites is 1. The third-order valence-corrected chi connectivity index (χ3v) is 2.87. The number of nitrogens with one attached hydrogen (secondary N) is 1. The van der Waals surface area contributed by atoms with Crippen molar-refractivity contribution in [1.29, 1.82) is 0 Å². The first kappa shape index (κ1) is 14.4. The predicted octanol–water partition coefficient (Wildman–Crippen LogP) is 3.75. The summed E-state index contributed by atoms with van der Waals surface area (Å²) < 4.78 is 11.0. The predicted molar refractivity (Wildman–Crippen MR) is 78.9 cm³/mol. The van der Waals surface area contributed by atoms with Crippen LogP contribution in [0.3, 0.4) is 0 Å². The smallest absolute Gasteiger partial charge is 0.268 e. The first-order valence-corrected chi connectivity index (χ1v) is 6.69. The molecule has 0 aliphatic carbocycles. The lowest BCUT2D eigenvalue weighted by Crippen LogP contribution is -2.05. The third kappa shape index (κ3) is 3.30. The summed E-state index contributed by atoms with van der Waals surface area (Å²) in [5.41, 5.74) is 0. The van der Waals surface area contributed by atoms with E-state index in [0.29, 0.717) is 28.2 Å². The maximum absolute atomic E-state index is 6.07. The molecule has 0 fully saturated rings. The van der Waals surface area contributed by atoms with Crippen LogP contribution in [0.15, 0.2) is 30.6 Å². The van der Waals surface area contributed by atoms with Gasteiger partial charge in [0.25, 0.3) is 5.88 Å². The molecule has 2 aromatic rings. The number of nitrogens with zero attached hydrogens (tertiary/aromatic N) is 2. The standard InChI is InChI=1S/C14H16ClN3O2/c1-3-8-16-13-12(19-2)14(18-9-17-13)20-11-7-5-4-6-10(11)15/h4-7,9H,3,8H2,1-2H3,(H,16,17,18). The number of aromatic nitrogens is 2. The van der Waals surface area contributed by atoms with Crippen molar-refractivity contribution in [2.75, 3.05) is 19.0 Å². The number of hydrogen-bond donors (Lipinski definition) is 1. The van der Waals surface area contributed by atoms with E-state index in [9.17, 15) is 0 Å². The van der Waals surface area contributed by atoms with Crippen LogP contribution in [0, 0.1) is 0 Å². The summed E-state index contributed by atoms with van der Waals surface area (Å²) in [4.78, 5) is 8.25. The fourth-order valence-electron chi connectivity index (χ4n) is 1.62. The topological polar surface area (TPSA) is 56.3 Å². The Kier molecular flexibility index (Phi) is 5.01. The molecule has 0 saturated carbocycles. The minimum absolute atomic E-state index is 0.328. The van der Waals surface area contributed by atoms with Crippen molar-refractivity contribution in [1.82, 2.24) is 9.97 Å². The van der Waals surface area contributed by atoms with Gasteiger partial charge < -0.3 is 14.8 Å². The second-order valence-electron chi connectivity index (χ2n) is 4.02. The van der Waals surface area contributed by atoms with Gasteiger partial charge in [-0.3, -0.25) is 0 Å². The summed E-state index contributed by atoms with van der Waals surface area (Å²) in [7, 11) is 1.55. The van der Waals surface area contributed by atoms with Crippen LogP contribution in [0.25, 0.3) is 0 Å². The molecule has 20 heavy (non-hydrogen) atoms. The summed E-state index contributed by atoms with van der Waals surface area (Å²) in [6, 6.07) is 7.19. The molecule has 0 aliphatic rings. The lowest BCUT2D eigenvalue weighted by Gasteiger charge is -2.13. The Bertz CT molecular complexity index is 578. The van der Waals surface area contributed by atoms with Crippen molar-refractivity contribution in [3.05, 3.63) is 35.6 Å². The van der Waals surface area contributed by atoms with Crippen molar-refractivity contribution in [2.45, 2.75) is 13.3 Å². The van der Waals surface area contributed by atoms with Gasteiger partial charge in [0.2, 0.25) is 5.75 Å².